The van der Waals surface area contributed by atoms with Crippen LogP contribution in [0.25, 0.3) is 0 Å². The van der Waals surface area contributed by atoms with Crippen LogP contribution in [0.4, 0.5) is 0 Å². The normalized spacial score (nSPS) is 19.8. The summed E-state index contributed by atoms with van der Waals surface area (Å²) in [5.41, 5.74) is 1.57. The Hall–Kier alpha value is -2.05. The SMILES string of the molecule is COc1cccc2c1OS(=O)(=O)N[C@@H]2c1ccccc1. The van der Waals surface area contributed by atoms with Crippen molar-refractivity contribution in [2.45, 2.75) is 6.04 Å². The van der Waals surface area contributed by atoms with Crippen LogP contribution in [0.1, 0.15) is 17.2 Å². The first kappa shape index (κ1) is 13.0. The van der Waals surface area contributed by atoms with Crippen LogP contribution in [0, 0.1) is 0 Å². The fourth-order valence-corrected chi connectivity index (χ4v) is 3.24. The molecule has 5 nitrogen and oxygen atoms in total. The van der Waals surface area contributed by atoms with Gasteiger partial charge in [0.2, 0.25) is 0 Å². The fourth-order valence-electron chi connectivity index (χ4n) is 2.24. The Labute approximate surface area is 117 Å². The van der Waals surface area contributed by atoms with Crippen LogP contribution in [0.3, 0.4) is 0 Å². The number of rotatable bonds is 2. The number of methoxy groups -OCH3 is 1. The van der Waals surface area contributed by atoms with Gasteiger partial charge in [-0.25, -0.2) is 0 Å². The largest absolute Gasteiger partial charge is 0.493 e. The highest BCUT2D eigenvalue weighted by atomic mass is 32.2. The van der Waals surface area contributed by atoms with Gasteiger partial charge in [-0.2, -0.15) is 13.1 Å². The van der Waals surface area contributed by atoms with Crippen molar-refractivity contribution in [2.75, 3.05) is 7.11 Å². The molecule has 1 aliphatic rings. The van der Waals surface area contributed by atoms with Gasteiger partial charge >= 0.3 is 10.3 Å². The quantitative estimate of drug-likeness (QED) is 0.919. The molecule has 1 aliphatic heterocycles. The van der Waals surface area contributed by atoms with Crippen LogP contribution in [-0.4, -0.2) is 15.5 Å². The van der Waals surface area contributed by atoms with E-state index in [9.17, 15) is 8.42 Å². The summed E-state index contributed by atoms with van der Waals surface area (Å²) < 4.78 is 36.5. The molecule has 0 aromatic heterocycles. The highest BCUT2D eigenvalue weighted by Gasteiger charge is 2.33. The monoisotopic (exact) mass is 291 g/mol. The Kier molecular flexibility index (Phi) is 3.11. The third-order valence-corrected chi connectivity index (χ3v) is 4.04. The number of hydrogen-bond donors (Lipinski definition) is 1. The van der Waals surface area contributed by atoms with Crippen LogP contribution in [-0.2, 0) is 10.3 Å². The van der Waals surface area contributed by atoms with Gasteiger partial charge in [-0.3, -0.25) is 0 Å². The van der Waals surface area contributed by atoms with E-state index < -0.39 is 16.3 Å². The van der Waals surface area contributed by atoms with Gasteiger partial charge in [0.05, 0.1) is 13.2 Å². The maximum Gasteiger partial charge on any atom is 0.383 e. The summed E-state index contributed by atoms with van der Waals surface area (Å²) in [6, 6.07) is 14.1. The summed E-state index contributed by atoms with van der Waals surface area (Å²) in [6.45, 7) is 0. The van der Waals surface area contributed by atoms with Gasteiger partial charge in [0.15, 0.2) is 11.5 Å². The van der Waals surface area contributed by atoms with Gasteiger partial charge in [0.25, 0.3) is 0 Å². The van der Waals surface area contributed by atoms with E-state index in [2.05, 4.69) is 4.72 Å². The van der Waals surface area contributed by atoms with Gasteiger partial charge in [0, 0.05) is 5.56 Å². The fraction of sp³-hybridized carbons (Fsp3) is 0.143. The summed E-state index contributed by atoms with van der Waals surface area (Å²) in [7, 11) is -2.38. The van der Waals surface area contributed by atoms with Crippen LogP contribution in [0.15, 0.2) is 48.5 Å². The average molecular weight is 291 g/mol. The minimum atomic E-state index is -3.86. The molecule has 0 aliphatic carbocycles. The van der Waals surface area contributed by atoms with Crippen molar-refractivity contribution >= 4 is 10.3 Å². The number of nitrogens with one attached hydrogen (secondary N) is 1. The standard InChI is InChI=1S/C14H13NO4S/c1-18-12-9-5-8-11-13(10-6-3-2-4-7-10)15-20(16,17)19-14(11)12/h2-9,13,15H,1H3/t13-/m1/s1. The first-order valence-corrected chi connectivity index (χ1v) is 7.45. The molecule has 0 saturated carbocycles. The average Bonchev–Trinajstić information content (AvgIpc) is 2.46. The van der Waals surface area contributed by atoms with Crippen molar-refractivity contribution < 1.29 is 17.3 Å². The van der Waals surface area contributed by atoms with Crippen molar-refractivity contribution in [1.29, 1.82) is 0 Å². The lowest BCUT2D eigenvalue weighted by Crippen LogP contribution is -2.37. The molecule has 2 aromatic carbocycles. The van der Waals surface area contributed by atoms with Crippen molar-refractivity contribution in [3.63, 3.8) is 0 Å². The molecule has 2 aromatic rings. The third kappa shape index (κ3) is 2.23. The van der Waals surface area contributed by atoms with E-state index in [-0.39, 0.29) is 5.75 Å². The molecule has 0 spiro atoms. The van der Waals surface area contributed by atoms with Crippen LogP contribution in [0.5, 0.6) is 11.5 Å². The molecule has 0 saturated heterocycles. The highest BCUT2D eigenvalue weighted by molar-refractivity contribution is 7.85. The minimum absolute atomic E-state index is 0.239. The summed E-state index contributed by atoms with van der Waals surface area (Å²) in [4.78, 5) is 0. The molecule has 104 valence electrons. The zero-order valence-corrected chi connectivity index (χ0v) is 11.6. The zero-order valence-electron chi connectivity index (χ0n) is 10.7. The molecule has 1 N–H and O–H groups in total. The Bertz CT molecular complexity index is 728. The van der Waals surface area contributed by atoms with E-state index in [1.54, 1.807) is 12.1 Å². The van der Waals surface area contributed by atoms with Gasteiger partial charge in [-0.15, -0.1) is 0 Å². The van der Waals surface area contributed by atoms with Crippen molar-refractivity contribution in [3.05, 3.63) is 59.7 Å². The van der Waals surface area contributed by atoms with Gasteiger partial charge in [-0.05, 0) is 11.6 Å². The lowest BCUT2D eigenvalue weighted by Gasteiger charge is -2.27. The number of fused-ring (bicyclic) bond motifs is 1. The predicted octanol–water partition coefficient (Wildman–Crippen LogP) is 2.01. The maximum absolute atomic E-state index is 11.9. The Morgan fingerprint density at radius 1 is 1.10 bits per heavy atom. The van der Waals surface area contributed by atoms with Gasteiger partial charge in [-0.1, -0.05) is 42.5 Å². The highest BCUT2D eigenvalue weighted by Crippen LogP contribution is 2.41. The zero-order chi connectivity index (χ0) is 14.2. The predicted molar refractivity (Wildman–Crippen MR) is 74.0 cm³/mol. The molecule has 0 unspecified atom stereocenters. The molecule has 3 rings (SSSR count). The summed E-state index contributed by atoms with van der Waals surface area (Å²) in [5, 5.41) is 0. The van der Waals surface area contributed by atoms with E-state index in [0.29, 0.717) is 5.75 Å². The number of hydrogen-bond acceptors (Lipinski definition) is 4. The molecular formula is C14H13NO4S. The molecule has 6 heteroatoms. The van der Waals surface area contributed by atoms with Crippen molar-refractivity contribution in [1.82, 2.24) is 4.72 Å². The summed E-state index contributed by atoms with van der Waals surface area (Å²) in [5.74, 6) is 0.635. The third-order valence-electron chi connectivity index (χ3n) is 3.13. The Balaban J connectivity index is 2.19. The molecule has 20 heavy (non-hydrogen) atoms. The molecule has 1 heterocycles. The molecule has 0 bridgehead atoms. The van der Waals surface area contributed by atoms with E-state index >= 15 is 0 Å². The van der Waals surface area contributed by atoms with Gasteiger partial charge in [0.1, 0.15) is 0 Å². The van der Waals surface area contributed by atoms with Crippen molar-refractivity contribution in [3.8, 4) is 11.5 Å². The van der Waals surface area contributed by atoms with Crippen LogP contribution >= 0.6 is 0 Å². The van der Waals surface area contributed by atoms with Gasteiger partial charge < -0.3 is 8.92 Å². The Morgan fingerprint density at radius 3 is 2.55 bits per heavy atom. The summed E-state index contributed by atoms with van der Waals surface area (Å²) >= 11 is 0. The van der Waals surface area contributed by atoms with E-state index in [4.69, 9.17) is 8.92 Å². The van der Waals surface area contributed by atoms with E-state index in [1.165, 1.54) is 7.11 Å². The Morgan fingerprint density at radius 2 is 1.85 bits per heavy atom. The topological polar surface area (TPSA) is 64.6 Å². The number of benzene rings is 2. The second-order valence-electron chi connectivity index (χ2n) is 4.38. The van der Waals surface area contributed by atoms with E-state index in [1.807, 2.05) is 36.4 Å². The second-order valence-corrected chi connectivity index (χ2v) is 5.69. The lowest BCUT2D eigenvalue weighted by molar-refractivity contribution is 0.377. The van der Waals surface area contributed by atoms with E-state index in [0.717, 1.165) is 11.1 Å². The molecule has 0 radical (unpaired) electrons. The lowest BCUT2D eigenvalue weighted by atomic mass is 9.98. The summed E-state index contributed by atoms with van der Waals surface area (Å²) in [6.07, 6.45) is 0. The van der Waals surface area contributed by atoms with Crippen LogP contribution in [0.2, 0.25) is 0 Å². The maximum atomic E-state index is 11.9. The smallest absolute Gasteiger partial charge is 0.383 e. The molecule has 0 amide bonds. The first-order valence-electron chi connectivity index (χ1n) is 6.04. The van der Waals surface area contributed by atoms with Crippen molar-refractivity contribution in [2.24, 2.45) is 0 Å². The first-order chi connectivity index (χ1) is 9.61. The number of para-hydroxylation sites is 1. The molecule has 0 fully saturated rings. The molecular weight excluding hydrogens is 278 g/mol. The second kappa shape index (κ2) is 4.81. The van der Waals surface area contributed by atoms with Crippen LogP contribution < -0.4 is 13.6 Å². The molecule has 1 atom stereocenters. The minimum Gasteiger partial charge on any atom is -0.493 e. The number of ether oxygens (including phenoxy) is 1.